The molecule has 1 unspecified atom stereocenters. The topological polar surface area (TPSA) is 24.9 Å². The van der Waals surface area contributed by atoms with Crippen molar-refractivity contribution in [2.24, 2.45) is 0 Å². The molecule has 84 valence electrons. The molecule has 2 aromatic heterocycles. The lowest BCUT2D eigenvalue weighted by atomic mass is 10.1. The fourth-order valence-corrected chi connectivity index (χ4v) is 2.58. The van der Waals surface area contributed by atoms with Crippen molar-refractivity contribution >= 4 is 33.1 Å². The van der Waals surface area contributed by atoms with Crippen molar-refractivity contribution in [3.05, 3.63) is 45.2 Å². The van der Waals surface area contributed by atoms with Gasteiger partial charge < -0.3 is 5.32 Å². The summed E-state index contributed by atoms with van der Waals surface area (Å²) in [6.45, 7) is 2.17. The van der Waals surface area contributed by atoms with Gasteiger partial charge in [0.2, 0.25) is 0 Å². The van der Waals surface area contributed by atoms with Crippen molar-refractivity contribution < 1.29 is 0 Å². The molecule has 0 saturated heterocycles. The molecule has 4 heteroatoms. The summed E-state index contributed by atoms with van der Waals surface area (Å²) in [4.78, 5) is 4.35. The first-order valence-electron chi connectivity index (χ1n) is 5.14. The summed E-state index contributed by atoms with van der Waals surface area (Å²) in [6.07, 6.45) is 1.03. The lowest BCUT2D eigenvalue weighted by Crippen LogP contribution is -2.18. The number of hydrogen-bond acceptors (Lipinski definition) is 3. The summed E-state index contributed by atoms with van der Waals surface area (Å²) in [5, 5.41) is 7.68. The first kappa shape index (κ1) is 11.6. The van der Waals surface area contributed by atoms with Crippen LogP contribution < -0.4 is 5.32 Å². The number of aromatic nitrogens is 1. The molecule has 1 N–H and O–H groups in total. The van der Waals surface area contributed by atoms with Gasteiger partial charge in [0.05, 0.1) is 0 Å². The van der Waals surface area contributed by atoms with Gasteiger partial charge >= 0.3 is 0 Å². The highest BCUT2D eigenvalue weighted by atomic mass is 79.9. The van der Waals surface area contributed by atoms with Gasteiger partial charge in [-0.25, -0.2) is 4.98 Å². The van der Waals surface area contributed by atoms with Crippen LogP contribution in [-0.4, -0.2) is 11.0 Å². The van der Waals surface area contributed by atoms with E-state index in [0.717, 1.165) is 16.8 Å². The highest BCUT2D eigenvalue weighted by Gasteiger charge is 2.04. The molecule has 0 amide bonds. The maximum absolute atomic E-state index is 4.35. The third-order valence-corrected chi connectivity index (χ3v) is 3.41. The summed E-state index contributed by atoms with van der Waals surface area (Å²) in [6, 6.07) is 8.44. The van der Waals surface area contributed by atoms with E-state index in [9.17, 15) is 0 Å². The van der Waals surface area contributed by atoms with Crippen LogP contribution in [0.1, 0.15) is 12.5 Å². The van der Waals surface area contributed by atoms with Crippen LogP contribution in [0.15, 0.2) is 39.6 Å². The predicted octanol–water partition coefficient (Wildman–Crippen LogP) is 3.95. The van der Waals surface area contributed by atoms with Crippen LogP contribution in [0.3, 0.4) is 0 Å². The summed E-state index contributed by atoms with van der Waals surface area (Å²) >= 11 is 5.10. The van der Waals surface area contributed by atoms with E-state index in [1.165, 1.54) is 5.56 Å². The molecule has 2 heterocycles. The minimum atomic E-state index is 0.386. The molecule has 0 bridgehead atoms. The Morgan fingerprint density at radius 2 is 2.31 bits per heavy atom. The second kappa shape index (κ2) is 5.46. The molecular formula is C12H13BrN2S. The Morgan fingerprint density at radius 3 is 3.00 bits per heavy atom. The van der Waals surface area contributed by atoms with Gasteiger partial charge in [-0.15, -0.1) is 0 Å². The molecule has 2 aromatic rings. The Kier molecular flexibility index (Phi) is 3.96. The molecule has 0 aromatic carbocycles. The molecule has 0 radical (unpaired) electrons. The van der Waals surface area contributed by atoms with E-state index in [1.807, 2.05) is 18.2 Å². The van der Waals surface area contributed by atoms with Crippen molar-refractivity contribution in [3.8, 4) is 0 Å². The molecule has 0 saturated carbocycles. The van der Waals surface area contributed by atoms with Crippen LogP contribution in [0.25, 0.3) is 0 Å². The minimum absolute atomic E-state index is 0.386. The van der Waals surface area contributed by atoms with Crippen molar-refractivity contribution in [1.82, 2.24) is 4.98 Å². The maximum Gasteiger partial charge on any atom is 0.127 e. The van der Waals surface area contributed by atoms with Crippen LogP contribution in [0.5, 0.6) is 0 Å². The zero-order valence-electron chi connectivity index (χ0n) is 8.98. The molecule has 0 fully saturated rings. The largest absolute Gasteiger partial charge is 0.367 e. The normalized spacial score (nSPS) is 12.4. The van der Waals surface area contributed by atoms with Crippen molar-refractivity contribution in [2.45, 2.75) is 19.4 Å². The van der Waals surface area contributed by atoms with E-state index in [-0.39, 0.29) is 0 Å². The van der Waals surface area contributed by atoms with Crippen molar-refractivity contribution in [3.63, 3.8) is 0 Å². The lowest BCUT2D eigenvalue weighted by Gasteiger charge is -2.13. The number of rotatable bonds is 4. The Labute approximate surface area is 108 Å². The summed E-state index contributed by atoms with van der Waals surface area (Å²) in [7, 11) is 0. The van der Waals surface area contributed by atoms with Gasteiger partial charge in [-0.3, -0.25) is 0 Å². The van der Waals surface area contributed by atoms with E-state index in [2.05, 4.69) is 50.0 Å². The quantitative estimate of drug-likeness (QED) is 0.864. The van der Waals surface area contributed by atoms with Gasteiger partial charge in [0, 0.05) is 6.04 Å². The molecule has 0 aliphatic rings. The summed E-state index contributed by atoms with van der Waals surface area (Å²) in [5.74, 6) is 0.914. The molecule has 16 heavy (non-hydrogen) atoms. The Hall–Kier alpha value is -0.870. The van der Waals surface area contributed by atoms with Gasteiger partial charge in [-0.05, 0) is 63.8 Å². The van der Waals surface area contributed by atoms with Crippen molar-refractivity contribution in [2.75, 3.05) is 5.32 Å². The highest BCUT2D eigenvalue weighted by molar-refractivity contribution is 9.10. The third kappa shape index (κ3) is 3.32. The Balaban J connectivity index is 1.94. The fraction of sp³-hybridized carbons (Fsp3) is 0.250. The number of halogens is 1. The molecule has 2 nitrogen and oxygen atoms in total. The van der Waals surface area contributed by atoms with E-state index < -0.39 is 0 Å². The van der Waals surface area contributed by atoms with Gasteiger partial charge in [0.15, 0.2) is 0 Å². The van der Waals surface area contributed by atoms with E-state index >= 15 is 0 Å². The number of hydrogen-bond donors (Lipinski definition) is 1. The minimum Gasteiger partial charge on any atom is -0.367 e. The van der Waals surface area contributed by atoms with Crippen LogP contribution in [0.2, 0.25) is 0 Å². The zero-order chi connectivity index (χ0) is 11.4. The number of thiophene rings is 1. The molecule has 1 atom stereocenters. The van der Waals surface area contributed by atoms with E-state index in [4.69, 9.17) is 0 Å². The average molecular weight is 297 g/mol. The molecular weight excluding hydrogens is 284 g/mol. The number of nitrogens with zero attached hydrogens (tertiary/aromatic N) is 1. The van der Waals surface area contributed by atoms with E-state index in [0.29, 0.717) is 6.04 Å². The van der Waals surface area contributed by atoms with E-state index in [1.54, 1.807) is 11.3 Å². The second-order valence-corrected chi connectivity index (χ2v) is 5.32. The van der Waals surface area contributed by atoms with Crippen LogP contribution >= 0.6 is 27.3 Å². The standard InChI is InChI=1S/C12H13BrN2S/c1-9(7-10-5-6-16-8-10)14-12-4-2-3-11(13)15-12/h2-6,8-9H,7H2,1H3,(H,14,15). The number of anilines is 1. The van der Waals surface area contributed by atoms with Gasteiger partial charge in [-0.2, -0.15) is 11.3 Å². The van der Waals surface area contributed by atoms with Gasteiger partial charge in [0.1, 0.15) is 10.4 Å². The number of pyridine rings is 1. The van der Waals surface area contributed by atoms with Crippen molar-refractivity contribution in [1.29, 1.82) is 0 Å². The first-order chi connectivity index (χ1) is 7.74. The third-order valence-electron chi connectivity index (χ3n) is 2.23. The zero-order valence-corrected chi connectivity index (χ0v) is 11.4. The summed E-state index contributed by atoms with van der Waals surface area (Å²) in [5.41, 5.74) is 1.37. The SMILES string of the molecule is CC(Cc1ccsc1)Nc1cccc(Br)n1. The molecule has 0 aliphatic heterocycles. The van der Waals surface area contributed by atoms with Crippen LogP contribution in [0.4, 0.5) is 5.82 Å². The maximum atomic E-state index is 4.35. The smallest absolute Gasteiger partial charge is 0.127 e. The average Bonchev–Trinajstić information content (AvgIpc) is 2.70. The summed E-state index contributed by atoms with van der Waals surface area (Å²) < 4.78 is 0.861. The fourth-order valence-electron chi connectivity index (χ4n) is 1.55. The second-order valence-electron chi connectivity index (χ2n) is 3.73. The molecule has 2 rings (SSSR count). The van der Waals surface area contributed by atoms with Gasteiger partial charge in [0.25, 0.3) is 0 Å². The van der Waals surface area contributed by atoms with Crippen LogP contribution in [-0.2, 0) is 6.42 Å². The molecule has 0 aliphatic carbocycles. The van der Waals surface area contributed by atoms with Gasteiger partial charge in [-0.1, -0.05) is 6.07 Å². The monoisotopic (exact) mass is 296 g/mol. The Morgan fingerprint density at radius 1 is 1.44 bits per heavy atom. The molecule has 0 spiro atoms. The first-order valence-corrected chi connectivity index (χ1v) is 6.88. The number of nitrogens with one attached hydrogen (secondary N) is 1. The van der Waals surface area contributed by atoms with Crippen LogP contribution in [0, 0.1) is 0 Å². The highest BCUT2D eigenvalue weighted by Crippen LogP contribution is 2.14. The predicted molar refractivity (Wildman–Crippen MR) is 73.0 cm³/mol. The lowest BCUT2D eigenvalue weighted by molar-refractivity contribution is 0.786. The Bertz CT molecular complexity index is 442.